The molecule has 1 aromatic carbocycles. The van der Waals surface area contributed by atoms with Gasteiger partial charge in [-0.15, -0.1) is 0 Å². The third kappa shape index (κ3) is 12.3. The molecule has 0 aliphatic heterocycles. The maximum Gasteiger partial charge on any atom is 0.333 e. The number of H-pyrrole nitrogens is 1. The van der Waals surface area contributed by atoms with Crippen molar-refractivity contribution < 1.29 is 23.9 Å². The van der Waals surface area contributed by atoms with Gasteiger partial charge in [-0.05, 0) is 18.1 Å². The molecule has 0 spiro atoms. The Morgan fingerprint density at radius 2 is 1.44 bits per heavy atom. The van der Waals surface area contributed by atoms with E-state index in [1.807, 2.05) is 24.3 Å². The van der Waals surface area contributed by atoms with Gasteiger partial charge < -0.3 is 20.1 Å². The van der Waals surface area contributed by atoms with E-state index in [1.54, 1.807) is 6.20 Å². The number of carbonyl (C=O) groups excluding carboxylic acids is 2. The Bertz CT molecular complexity index is 968. The third-order valence-electron chi connectivity index (χ3n) is 6.69. The highest BCUT2D eigenvalue weighted by atomic mass is 31.2. The van der Waals surface area contributed by atoms with Gasteiger partial charge in [0.2, 0.25) is 5.91 Å². The van der Waals surface area contributed by atoms with Crippen molar-refractivity contribution in [3.05, 3.63) is 36.0 Å². The van der Waals surface area contributed by atoms with E-state index in [0.717, 1.165) is 35.7 Å². The second kappa shape index (κ2) is 16.7. The number of benzene rings is 1. The van der Waals surface area contributed by atoms with E-state index in [2.05, 4.69) is 17.2 Å². The Kier molecular flexibility index (Phi) is 14.1. The van der Waals surface area contributed by atoms with Crippen molar-refractivity contribution in [2.24, 2.45) is 0 Å². The Morgan fingerprint density at radius 1 is 0.889 bits per heavy atom. The van der Waals surface area contributed by atoms with Crippen molar-refractivity contribution in [1.82, 2.24) is 10.3 Å². The first-order chi connectivity index (χ1) is 17.3. The molecule has 4 N–H and O–H groups in total. The molecule has 0 saturated heterocycles. The zero-order valence-electron chi connectivity index (χ0n) is 21.8. The molecule has 0 aliphatic carbocycles. The average molecular weight is 521 g/mol. The quantitative estimate of drug-likeness (QED) is 0.119. The van der Waals surface area contributed by atoms with Crippen LogP contribution in [-0.4, -0.2) is 38.7 Å². The Balaban J connectivity index is 1.69. The highest BCUT2D eigenvalue weighted by Gasteiger charge is 2.28. The van der Waals surface area contributed by atoms with Crippen LogP contribution in [0.15, 0.2) is 30.5 Å². The summed E-state index contributed by atoms with van der Waals surface area (Å²) in [5.74, 6) is -0.894. The number of amides is 1. The van der Waals surface area contributed by atoms with Crippen LogP contribution in [0.2, 0.25) is 0 Å². The lowest BCUT2D eigenvalue weighted by atomic mass is 10.0. The normalized spacial score (nSPS) is 12.6. The highest BCUT2D eigenvalue weighted by molar-refractivity contribution is 7.52. The number of nitrogens with one attached hydrogen (secondary N) is 2. The lowest BCUT2D eigenvalue weighted by Crippen LogP contribution is -2.43. The van der Waals surface area contributed by atoms with Gasteiger partial charge in [-0.25, -0.2) is 0 Å². The Morgan fingerprint density at radius 3 is 2.03 bits per heavy atom. The summed E-state index contributed by atoms with van der Waals surface area (Å²) < 4.78 is 11.4. The summed E-state index contributed by atoms with van der Waals surface area (Å²) in [7, 11) is -4.52. The Labute approximate surface area is 216 Å². The van der Waals surface area contributed by atoms with Crippen molar-refractivity contribution in [3.63, 3.8) is 0 Å². The van der Waals surface area contributed by atoms with Gasteiger partial charge in [0.1, 0.15) is 6.16 Å². The topological polar surface area (TPSA) is 119 Å². The first-order valence-electron chi connectivity index (χ1n) is 13.7. The molecule has 0 bridgehead atoms. The van der Waals surface area contributed by atoms with Crippen LogP contribution in [0.5, 0.6) is 0 Å². The molecule has 1 heterocycles. The minimum atomic E-state index is -4.52. The maximum absolute atomic E-state index is 12.6. The highest BCUT2D eigenvalue weighted by Crippen LogP contribution is 2.34. The Hall–Kier alpha value is -1.95. The molecule has 1 aromatic heterocycles. The van der Waals surface area contributed by atoms with Gasteiger partial charge in [0.25, 0.3) is 0 Å². The van der Waals surface area contributed by atoms with Crippen LogP contribution in [0.25, 0.3) is 10.9 Å². The molecule has 8 heteroatoms. The summed E-state index contributed by atoms with van der Waals surface area (Å²) >= 11 is 0. The van der Waals surface area contributed by atoms with Crippen molar-refractivity contribution in [2.75, 3.05) is 6.16 Å². The summed E-state index contributed by atoms with van der Waals surface area (Å²) in [6.07, 6.45) is 17.3. The summed E-state index contributed by atoms with van der Waals surface area (Å²) in [6.45, 7) is 2.24. The summed E-state index contributed by atoms with van der Waals surface area (Å²) in [5, 5.41) is 3.67. The van der Waals surface area contributed by atoms with Crippen LogP contribution in [-0.2, 0) is 20.6 Å². The molecular weight excluding hydrogens is 475 g/mol. The van der Waals surface area contributed by atoms with E-state index < -0.39 is 25.6 Å². The van der Waals surface area contributed by atoms with Crippen LogP contribution in [0.4, 0.5) is 0 Å². The van der Waals surface area contributed by atoms with Gasteiger partial charge in [-0.1, -0.05) is 102 Å². The lowest BCUT2D eigenvalue weighted by molar-refractivity contribution is -0.126. The molecule has 2 aromatic rings. The average Bonchev–Trinajstić information content (AvgIpc) is 3.23. The number of aromatic nitrogens is 1. The van der Waals surface area contributed by atoms with Crippen LogP contribution in [0, 0.1) is 0 Å². The van der Waals surface area contributed by atoms with Crippen LogP contribution < -0.4 is 5.32 Å². The lowest BCUT2D eigenvalue weighted by Gasteiger charge is -2.18. The fourth-order valence-corrected chi connectivity index (χ4v) is 5.28. The number of hydrogen-bond acceptors (Lipinski definition) is 3. The van der Waals surface area contributed by atoms with E-state index >= 15 is 0 Å². The van der Waals surface area contributed by atoms with Crippen LogP contribution in [0.3, 0.4) is 0 Å². The van der Waals surface area contributed by atoms with Gasteiger partial charge in [0.15, 0.2) is 5.78 Å². The molecule has 36 heavy (non-hydrogen) atoms. The number of unbranched alkanes of at least 4 members (excludes halogenated alkanes) is 12. The number of Topliss-reactive ketones (excluding diaryl/α,β-unsaturated/α-hetero) is 1. The van der Waals surface area contributed by atoms with E-state index in [-0.39, 0.29) is 12.3 Å². The number of fused-ring (bicyclic) bond motifs is 1. The second-order valence-electron chi connectivity index (χ2n) is 9.97. The van der Waals surface area contributed by atoms with Crippen molar-refractivity contribution in [3.8, 4) is 0 Å². The summed E-state index contributed by atoms with van der Waals surface area (Å²) in [6, 6.07) is 6.65. The molecule has 0 fully saturated rings. The first-order valence-corrected chi connectivity index (χ1v) is 15.5. The number of para-hydroxylation sites is 1. The SMILES string of the molecule is CCCCCCCCCCCCCCCC(=O)N[C@@H](Cc1c[nH]c2ccccc12)C(=O)CP(=O)(O)O. The van der Waals surface area contributed by atoms with Crippen LogP contribution in [0.1, 0.15) is 102 Å². The zero-order chi connectivity index (χ0) is 26.2. The number of aromatic amines is 1. The van der Waals surface area contributed by atoms with E-state index in [9.17, 15) is 23.9 Å². The first kappa shape index (κ1) is 30.3. The zero-order valence-corrected chi connectivity index (χ0v) is 22.7. The van der Waals surface area contributed by atoms with Gasteiger partial charge in [0, 0.05) is 29.9 Å². The van der Waals surface area contributed by atoms with Gasteiger partial charge >= 0.3 is 7.60 Å². The molecule has 7 nitrogen and oxygen atoms in total. The second-order valence-corrected chi connectivity index (χ2v) is 11.6. The number of rotatable bonds is 20. The van der Waals surface area contributed by atoms with Gasteiger partial charge in [-0.3, -0.25) is 14.2 Å². The summed E-state index contributed by atoms with van der Waals surface area (Å²) in [5.41, 5.74) is 1.74. The van der Waals surface area contributed by atoms with Gasteiger partial charge in [-0.2, -0.15) is 0 Å². The number of carbonyl (C=O) groups is 2. The predicted octanol–water partition coefficient (Wildman–Crippen LogP) is 6.42. The van der Waals surface area contributed by atoms with Gasteiger partial charge in [0.05, 0.1) is 6.04 Å². The standard InChI is InChI=1S/C28H45N2O5P/c1-2-3-4-5-6-7-8-9-10-11-12-13-14-19-28(32)30-26(27(31)22-36(33,34)35)20-23-21-29-25-18-16-15-17-24(23)25/h15-18,21,26,29H,2-14,19-20,22H2,1H3,(H,30,32)(H2,33,34,35)/t26-/m0/s1. The molecule has 202 valence electrons. The number of ketones is 1. The molecule has 0 saturated carbocycles. The fourth-order valence-electron chi connectivity index (χ4n) is 4.65. The smallest absolute Gasteiger partial charge is 0.333 e. The number of hydrogen-bond donors (Lipinski definition) is 4. The fraction of sp³-hybridized carbons (Fsp3) is 0.643. The van der Waals surface area contributed by atoms with Crippen molar-refractivity contribution in [2.45, 2.75) is 109 Å². The third-order valence-corrected chi connectivity index (χ3v) is 7.42. The van der Waals surface area contributed by atoms with Crippen molar-refractivity contribution in [1.29, 1.82) is 0 Å². The summed E-state index contributed by atoms with van der Waals surface area (Å²) in [4.78, 5) is 46.9. The molecule has 0 radical (unpaired) electrons. The molecular formula is C28H45N2O5P. The minimum Gasteiger partial charge on any atom is -0.361 e. The van der Waals surface area contributed by atoms with E-state index in [0.29, 0.717) is 6.42 Å². The molecule has 2 rings (SSSR count). The van der Waals surface area contributed by atoms with E-state index in [1.165, 1.54) is 64.2 Å². The van der Waals surface area contributed by atoms with Crippen LogP contribution >= 0.6 is 7.60 Å². The monoisotopic (exact) mass is 520 g/mol. The largest absolute Gasteiger partial charge is 0.361 e. The van der Waals surface area contributed by atoms with Crippen molar-refractivity contribution >= 4 is 30.2 Å². The predicted molar refractivity (Wildman–Crippen MR) is 146 cm³/mol. The minimum absolute atomic E-state index is 0.188. The molecule has 0 unspecified atom stereocenters. The van der Waals surface area contributed by atoms with E-state index in [4.69, 9.17) is 0 Å². The maximum atomic E-state index is 12.6. The molecule has 1 atom stereocenters. The molecule has 0 aliphatic rings. The molecule has 1 amide bonds.